The molecule has 0 fully saturated rings. The zero-order valence-corrected chi connectivity index (χ0v) is 10.0. The van der Waals surface area contributed by atoms with Crippen molar-refractivity contribution in [1.29, 1.82) is 0 Å². The van der Waals surface area contributed by atoms with Crippen LogP contribution in [0.3, 0.4) is 0 Å². The number of aromatic amines is 1. The van der Waals surface area contributed by atoms with E-state index in [1.807, 2.05) is 0 Å². The molecular formula is C8H8N6O3S. The average Bonchev–Trinajstić information content (AvgIpc) is 2.94. The zero-order chi connectivity index (χ0) is 13.1. The summed E-state index contributed by atoms with van der Waals surface area (Å²) in [4.78, 5) is 24.2. The van der Waals surface area contributed by atoms with Gasteiger partial charge >= 0.3 is 0 Å². The SMILES string of the molecule is Cn1nnnc1SCC(=O)c1cc([N+](=O)[O-])c[nH]1. The highest BCUT2D eigenvalue weighted by molar-refractivity contribution is 7.99. The number of carbonyl (C=O) groups is 1. The Morgan fingerprint density at radius 3 is 3.00 bits per heavy atom. The van der Waals surface area contributed by atoms with Crippen molar-refractivity contribution in [1.82, 2.24) is 25.2 Å². The third-order valence-electron chi connectivity index (χ3n) is 2.09. The van der Waals surface area contributed by atoms with Crippen molar-refractivity contribution in [2.24, 2.45) is 7.05 Å². The molecule has 2 heterocycles. The highest BCUT2D eigenvalue weighted by atomic mass is 32.2. The number of hydrogen-bond acceptors (Lipinski definition) is 7. The molecular weight excluding hydrogens is 260 g/mol. The Morgan fingerprint density at radius 2 is 2.44 bits per heavy atom. The van der Waals surface area contributed by atoms with Crippen LogP contribution in [0.1, 0.15) is 10.5 Å². The minimum Gasteiger partial charge on any atom is -0.353 e. The number of aryl methyl sites for hydroxylation is 1. The smallest absolute Gasteiger partial charge is 0.287 e. The number of thioether (sulfide) groups is 1. The lowest BCUT2D eigenvalue weighted by Gasteiger charge is -1.97. The highest BCUT2D eigenvalue weighted by Crippen LogP contribution is 2.17. The molecule has 0 saturated heterocycles. The van der Waals surface area contributed by atoms with Crippen LogP contribution in [0.2, 0.25) is 0 Å². The van der Waals surface area contributed by atoms with E-state index in [2.05, 4.69) is 20.5 Å². The number of hydrogen-bond donors (Lipinski definition) is 1. The predicted molar refractivity (Wildman–Crippen MR) is 61.3 cm³/mol. The van der Waals surface area contributed by atoms with Gasteiger partial charge in [0.15, 0.2) is 5.78 Å². The normalized spacial score (nSPS) is 10.5. The van der Waals surface area contributed by atoms with Crippen molar-refractivity contribution < 1.29 is 9.72 Å². The molecule has 0 atom stereocenters. The summed E-state index contributed by atoms with van der Waals surface area (Å²) in [6.07, 6.45) is 1.18. The minimum absolute atomic E-state index is 0.103. The topological polar surface area (TPSA) is 120 Å². The zero-order valence-electron chi connectivity index (χ0n) is 9.23. The van der Waals surface area contributed by atoms with Crippen LogP contribution in [-0.4, -0.2) is 41.7 Å². The van der Waals surface area contributed by atoms with E-state index >= 15 is 0 Å². The molecule has 2 aromatic heterocycles. The van der Waals surface area contributed by atoms with Gasteiger partial charge in [0, 0.05) is 13.1 Å². The van der Waals surface area contributed by atoms with Gasteiger partial charge in [0.25, 0.3) is 5.69 Å². The summed E-state index contributed by atoms with van der Waals surface area (Å²) in [5.41, 5.74) is 0.0630. The van der Waals surface area contributed by atoms with E-state index in [9.17, 15) is 14.9 Å². The molecule has 0 radical (unpaired) electrons. The van der Waals surface area contributed by atoms with E-state index in [-0.39, 0.29) is 22.9 Å². The maximum atomic E-state index is 11.7. The second kappa shape index (κ2) is 4.96. The molecule has 0 bridgehead atoms. The fourth-order valence-electron chi connectivity index (χ4n) is 1.20. The maximum absolute atomic E-state index is 11.7. The molecule has 2 aromatic rings. The molecule has 94 valence electrons. The maximum Gasteiger partial charge on any atom is 0.287 e. The number of rotatable bonds is 5. The van der Waals surface area contributed by atoms with E-state index < -0.39 is 4.92 Å². The summed E-state index contributed by atoms with van der Waals surface area (Å²) in [5.74, 6) is -0.151. The molecule has 0 unspecified atom stereocenters. The van der Waals surface area contributed by atoms with Gasteiger partial charge in [0.05, 0.1) is 22.6 Å². The third kappa shape index (κ3) is 2.53. The first-order valence-corrected chi connectivity index (χ1v) is 5.77. The van der Waals surface area contributed by atoms with E-state index in [1.54, 1.807) is 7.05 Å². The lowest BCUT2D eigenvalue weighted by Crippen LogP contribution is -2.04. The van der Waals surface area contributed by atoms with E-state index in [0.717, 1.165) is 11.8 Å². The summed E-state index contributed by atoms with van der Waals surface area (Å²) in [6, 6.07) is 1.21. The molecule has 1 N–H and O–H groups in total. The van der Waals surface area contributed by atoms with Crippen LogP contribution in [0.5, 0.6) is 0 Å². The van der Waals surface area contributed by atoms with E-state index in [0.29, 0.717) is 5.16 Å². The quantitative estimate of drug-likeness (QED) is 0.361. The standard InChI is InChI=1S/C8H8N6O3S/c1-13-8(10-11-12-13)18-4-7(15)6-2-5(3-9-6)14(16)17/h2-3,9H,4H2,1H3. The van der Waals surface area contributed by atoms with Gasteiger partial charge in [-0.15, -0.1) is 5.10 Å². The summed E-state index contributed by atoms with van der Waals surface area (Å²) >= 11 is 1.16. The number of nitrogens with one attached hydrogen (secondary N) is 1. The molecule has 0 aromatic carbocycles. The number of Topliss-reactive ketones (excluding diaryl/α,β-unsaturated/α-hetero) is 1. The van der Waals surface area contributed by atoms with Gasteiger partial charge in [-0.05, 0) is 10.4 Å². The molecule has 0 aliphatic heterocycles. The lowest BCUT2D eigenvalue weighted by atomic mass is 10.3. The second-order valence-corrected chi connectivity index (χ2v) is 4.27. The molecule has 2 rings (SSSR count). The summed E-state index contributed by atoms with van der Waals surface area (Å²) in [6.45, 7) is 0. The van der Waals surface area contributed by atoms with Gasteiger partial charge in [-0.1, -0.05) is 11.8 Å². The Bertz CT molecular complexity index is 591. The summed E-state index contributed by atoms with van der Waals surface area (Å²) in [7, 11) is 1.66. The molecule has 10 heteroatoms. The highest BCUT2D eigenvalue weighted by Gasteiger charge is 2.15. The first kappa shape index (κ1) is 12.2. The van der Waals surface area contributed by atoms with Crippen LogP contribution < -0.4 is 0 Å². The van der Waals surface area contributed by atoms with E-state index in [4.69, 9.17) is 0 Å². The van der Waals surface area contributed by atoms with Crippen LogP contribution in [0.15, 0.2) is 17.4 Å². The number of nitrogens with zero attached hydrogens (tertiary/aromatic N) is 5. The molecule has 0 saturated carbocycles. The molecule has 18 heavy (non-hydrogen) atoms. The van der Waals surface area contributed by atoms with Crippen molar-refractivity contribution in [3.05, 3.63) is 28.1 Å². The fraction of sp³-hybridized carbons (Fsp3) is 0.250. The van der Waals surface area contributed by atoms with Crippen LogP contribution in [0, 0.1) is 10.1 Å². The summed E-state index contributed by atoms with van der Waals surface area (Å²) < 4.78 is 1.44. The van der Waals surface area contributed by atoms with Crippen molar-refractivity contribution in [2.75, 3.05) is 5.75 Å². The first-order valence-electron chi connectivity index (χ1n) is 4.79. The molecule has 9 nitrogen and oxygen atoms in total. The van der Waals surface area contributed by atoms with E-state index in [1.165, 1.54) is 16.9 Å². The Balaban J connectivity index is 1.99. The van der Waals surface area contributed by atoms with Gasteiger partial charge in [-0.3, -0.25) is 14.9 Å². The van der Waals surface area contributed by atoms with Gasteiger partial charge in [-0.2, -0.15) is 0 Å². The lowest BCUT2D eigenvalue weighted by molar-refractivity contribution is -0.384. The van der Waals surface area contributed by atoms with Crippen LogP contribution in [0.25, 0.3) is 0 Å². The average molecular weight is 268 g/mol. The van der Waals surface area contributed by atoms with Crippen molar-refractivity contribution in [3.8, 4) is 0 Å². The molecule has 0 aliphatic rings. The Hall–Kier alpha value is -2.23. The van der Waals surface area contributed by atoms with Gasteiger partial charge in [0.1, 0.15) is 0 Å². The fourth-order valence-corrected chi connectivity index (χ4v) is 1.93. The van der Waals surface area contributed by atoms with Gasteiger partial charge < -0.3 is 4.98 Å². The van der Waals surface area contributed by atoms with Gasteiger partial charge in [0.2, 0.25) is 5.16 Å². The van der Waals surface area contributed by atoms with Crippen molar-refractivity contribution in [3.63, 3.8) is 0 Å². The number of H-pyrrole nitrogens is 1. The van der Waals surface area contributed by atoms with Crippen LogP contribution in [0.4, 0.5) is 5.69 Å². The minimum atomic E-state index is -0.562. The number of ketones is 1. The molecule has 0 aliphatic carbocycles. The Kier molecular flexibility index (Phi) is 3.37. The Labute approximate surface area is 105 Å². The molecule has 0 spiro atoms. The number of tetrazole rings is 1. The summed E-state index contributed by atoms with van der Waals surface area (Å²) in [5, 5.41) is 21.7. The van der Waals surface area contributed by atoms with Crippen LogP contribution in [-0.2, 0) is 7.05 Å². The van der Waals surface area contributed by atoms with Gasteiger partial charge in [-0.25, -0.2) is 4.68 Å². The Morgan fingerprint density at radius 1 is 1.67 bits per heavy atom. The number of aromatic nitrogens is 5. The second-order valence-electron chi connectivity index (χ2n) is 3.33. The van der Waals surface area contributed by atoms with Crippen molar-refractivity contribution in [2.45, 2.75) is 5.16 Å². The monoisotopic (exact) mass is 268 g/mol. The largest absolute Gasteiger partial charge is 0.353 e. The van der Waals surface area contributed by atoms with Crippen molar-refractivity contribution >= 4 is 23.2 Å². The first-order chi connectivity index (χ1) is 8.58. The molecule has 0 amide bonds. The van der Waals surface area contributed by atoms with Crippen LogP contribution >= 0.6 is 11.8 Å². The number of nitro groups is 1. The third-order valence-corrected chi connectivity index (χ3v) is 3.10. The number of carbonyl (C=O) groups excluding carboxylic acids is 1. The predicted octanol–water partition coefficient (Wildman–Crippen LogP) is 0.421.